The number of hydrogen-bond acceptors (Lipinski definition) is 1. The number of carbonyl (C=O) groups is 1. The van der Waals surface area contributed by atoms with E-state index in [0.29, 0.717) is 17.4 Å². The quantitative estimate of drug-likeness (QED) is 0.297. The first-order valence-electron chi connectivity index (χ1n) is 12.6. The minimum Gasteiger partial charge on any atom is -0.331 e. The number of piperidine rings is 1. The Hall–Kier alpha value is -1.42. The molecule has 190 valence electrons. The molecule has 1 saturated heterocycles. The molecule has 35 heavy (non-hydrogen) atoms. The van der Waals surface area contributed by atoms with Gasteiger partial charge in [-0.25, -0.2) is 10.0 Å². The van der Waals surface area contributed by atoms with Crippen LogP contribution in [0.4, 0.5) is 0 Å². The van der Waals surface area contributed by atoms with E-state index in [9.17, 15) is 4.79 Å². The Morgan fingerprint density at radius 1 is 1.09 bits per heavy atom. The Morgan fingerprint density at radius 2 is 1.77 bits per heavy atom. The standard InChI is InChI=1S/C30H39Cl2NOS/c1-6-17-30(2)20-26(23-8-7-9-25(32)19-23)28(22-12-14-24(31)15-13-22)33(29(30)34)27(21-10-11-21)16-18-35(3,4)5/h6-9,12-15,19,21,26-28H,1,10-11,16-18,20H2,2-5H3/t26-,27-,28-,30+/m1/s1. The van der Waals surface area contributed by atoms with Gasteiger partial charge in [-0.05, 0) is 97.9 Å². The van der Waals surface area contributed by atoms with E-state index in [1.165, 1.54) is 24.2 Å². The molecule has 0 radical (unpaired) electrons. The summed E-state index contributed by atoms with van der Waals surface area (Å²) in [5, 5.41) is 1.45. The first-order valence-corrected chi connectivity index (χ1v) is 16.4. The second-order valence-corrected chi connectivity index (χ2v) is 17.1. The molecule has 1 amide bonds. The number of rotatable bonds is 9. The Kier molecular flexibility index (Phi) is 8.01. The Labute approximate surface area is 223 Å². The summed E-state index contributed by atoms with van der Waals surface area (Å²) in [5.41, 5.74) is 1.86. The number of hydrogen-bond donors (Lipinski definition) is 0. The molecule has 2 fully saturated rings. The van der Waals surface area contributed by atoms with Gasteiger partial charge in [-0.3, -0.25) is 4.79 Å². The molecule has 1 heterocycles. The second-order valence-electron chi connectivity index (χ2n) is 11.6. The van der Waals surface area contributed by atoms with Crippen LogP contribution >= 0.6 is 33.2 Å². The molecule has 2 aromatic rings. The predicted molar refractivity (Wildman–Crippen MR) is 154 cm³/mol. The molecule has 0 unspecified atom stereocenters. The molecular formula is C30H39Cl2NOS. The van der Waals surface area contributed by atoms with Crippen molar-refractivity contribution in [2.24, 2.45) is 11.3 Å². The lowest BCUT2D eigenvalue weighted by Gasteiger charge is -2.52. The van der Waals surface area contributed by atoms with Crippen molar-refractivity contribution in [3.63, 3.8) is 0 Å². The first-order chi connectivity index (χ1) is 16.5. The van der Waals surface area contributed by atoms with Crippen molar-refractivity contribution in [3.05, 3.63) is 82.4 Å². The molecule has 2 nitrogen and oxygen atoms in total. The van der Waals surface area contributed by atoms with Crippen LogP contribution in [-0.2, 0) is 4.79 Å². The van der Waals surface area contributed by atoms with Gasteiger partial charge in [0, 0.05) is 22.0 Å². The lowest BCUT2D eigenvalue weighted by atomic mass is 9.67. The average Bonchev–Trinajstić information content (AvgIpc) is 3.62. The molecule has 0 bridgehead atoms. The lowest BCUT2D eigenvalue weighted by Crippen LogP contribution is -2.56. The fraction of sp³-hybridized carbons (Fsp3) is 0.500. The molecule has 2 aliphatic rings. The van der Waals surface area contributed by atoms with Crippen LogP contribution in [0.25, 0.3) is 0 Å². The van der Waals surface area contributed by atoms with Crippen LogP contribution in [0.5, 0.6) is 0 Å². The van der Waals surface area contributed by atoms with Gasteiger partial charge in [0.2, 0.25) is 5.91 Å². The summed E-state index contributed by atoms with van der Waals surface area (Å²) < 4.78 is 0. The van der Waals surface area contributed by atoms with Crippen molar-refractivity contribution >= 4 is 39.1 Å². The van der Waals surface area contributed by atoms with Gasteiger partial charge in [-0.2, -0.15) is 0 Å². The van der Waals surface area contributed by atoms with E-state index in [1.807, 2.05) is 30.3 Å². The summed E-state index contributed by atoms with van der Waals surface area (Å²) >= 11 is 12.8. The van der Waals surface area contributed by atoms with E-state index in [4.69, 9.17) is 23.2 Å². The molecule has 4 rings (SSSR count). The zero-order valence-corrected chi connectivity index (χ0v) is 23.8. The zero-order chi connectivity index (χ0) is 25.4. The highest BCUT2D eigenvalue weighted by molar-refractivity contribution is 8.32. The largest absolute Gasteiger partial charge is 0.331 e. The van der Waals surface area contributed by atoms with Gasteiger partial charge in [0.05, 0.1) is 11.5 Å². The van der Waals surface area contributed by atoms with Crippen LogP contribution in [0, 0.1) is 11.3 Å². The molecular weight excluding hydrogens is 493 g/mol. The Morgan fingerprint density at radius 3 is 2.34 bits per heavy atom. The van der Waals surface area contributed by atoms with Crippen molar-refractivity contribution < 1.29 is 4.79 Å². The fourth-order valence-electron chi connectivity index (χ4n) is 5.81. The maximum atomic E-state index is 14.5. The van der Waals surface area contributed by atoms with Gasteiger partial charge in [0.25, 0.3) is 0 Å². The monoisotopic (exact) mass is 531 g/mol. The third-order valence-electron chi connectivity index (χ3n) is 7.73. The minimum absolute atomic E-state index is 0.0447. The van der Waals surface area contributed by atoms with Gasteiger partial charge in [0.1, 0.15) is 0 Å². The lowest BCUT2D eigenvalue weighted by molar-refractivity contribution is -0.155. The summed E-state index contributed by atoms with van der Waals surface area (Å²) in [6.07, 6.45) is 14.0. The number of halogens is 2. The molecule has 4 atom stereocenters. The topological polar surface area (TPSA) is 20.3 Å². The van der Waals surface area contributed by atoms with Crippen LogP contribution in [0.3, 0.4) is 0 Å². The third kappa shape index (κ3) is 6.12. The number of allylic oxidation sites excluding steroid dienone is 1. The summed E-state index contributed by atoms with van der Waals surface area (Å²) in [6.45, 7) is 6.15. The number of benzene rings is 2. The summed E-state index contributed by atoms with van der Waals surface area (Å²) in [7, 11) is -0.668. The highest BCUT2D eigenvalue weighted by Crippen LogP contribution is 2.55. The molecule has 1 aliphatic heterocycles. The van der Waals surface area contributed by atoms with Gasteiger partial charge >= 0.3 is 0 Å². The minimum atomic E-state index is -0.668. The van der Waals surface area contributed by atoms with E-state index in [0.717, 1.165) is 23.4 Å². The number of carbonyl (C=O) groups excluding carboxylic acids is 1. The van der Waals surface area contributed by atoms with Crippen molar-refractivity contribution in [1.29, 1.82) is 0 Å². The number of amides is 1. The molecule has 0 aromatic heterocycles. The molecule has 0 N–H and O–H groups in total. The third-order valence-corrected chi connectivity index (χ3v) is 9.68. The number of likely N-dealkylation sites (tertiary alicyclic amines) is 1. The van der Waals surface area contributed by atoms with E-state index < -0.39 is 15.4 Å². The van der Waals surface area contributed by atoms with Gasteiger partial charge in [-0.1, -0.05) is 60.5 Å². The van der Waals surface area contributed by atoms with Crippen LogP contribution in [0.1, 0.15) is 62.1 Å². The van der Waals surface area contributed by atoms with Gasteiger partial charge in [0.15, 0.2) is 0 Å². The van der Waals surface area contributed by atoms with E-state index in [1.54, 1.807) is 0 Å². The molecule has 1 aliphatic carbocycles. The molecule has 0 spiro atoms. The zero-order valence-electron chi connectivity index (χ0n) is 21.5. The summed E-state index contributed by atoms with van der Waals surface area (Å²) in [6, 6.07) is 16.6. The van der Waals surface area contributed by atoms with Crippen molar-refractivity contribution in [2.45, 2.75) is 57.0 Å². The van der Waals surface area contributed by atoms with Crippen LogP contribution < -0.4 is 0 Å². The van der Waals surface area contributed by atoms with Crippen molar-refractivity contribution in [3.8, 4) is 0 Å². The highest BCUT2D eigenvalue weighted by atomic mass is 35.5. The van der Waals surface area contributed by atoms with Gasteiger partial charge in [-0.15, -0.1) is 6.58 Å². The Bertz CT molecular complexity index is 1060. The first kappa shape index (κ1) is 26.6. The smallest absolute Gasteiger partial charge is 0.229 e. The SMILES string of the molecule is C=CC[C@@]1(C)C[C@H](c2cccc(Cl)c2)[C@@H](c2ccc(Cl)cc2)N([C@H](CCS(C)(C)C)C2CC2)C1=O. The maximum Gasteiger partial charge on any atom is 0.229 e. The van der Waals surface area contributed by atoms with Crippen molar-refractivity contribution in [2.75, 3.05) is 24.5 Å². The molecule has 1 saturated carbocycles. The summed E-state index contributed by atoms with van der Waals surface area (Å²) in [4.78, 5) is 16.8. The summed E-state index contributed by atoms with van der Waals surface area (Å²) in [5.74, 6) is 2.17. The highest BCUT2D eigenvalue weighted by Gasteiger charge is 2.53. The van der Waals surface area contributed by atoms with E-state index in [2.05, 4.69) is 61.4 Å². The van der Waals surface area contributed by atoms with Crippen LogP contribution in [0.15, 0.2) is 61.2 Å². The maximum absolute atomic E-state index is 14.5. The molecule has 2 aromatic carbocycles. The van der Waals surface area contributed by atoms with Gasteiger partial charge < -0.3 is 4.90 Å². The van der Waals surface area contributed by atoms with Crippen LogP contribution in [-0.4, -0.2) is 41.4 Å². The normalized spacial score (nSPS) is 26.5. The van der Waals surface area contributed by atoms with E-state index in [-0.39, 0.29) is 23.9 Å². The second kappa shape index (κ2) is 10.5. The van der Waals surface area contributed by atoms with Crippen LogP contribution in [0.2, 0.25) is 10.0 Å². The predicted octanol–water partition coefficient (Wildman–Crippen LogP) is 8.50. The van der Waals surface area contributed by atoms with Crippen molar-refractivity contribution in [1.82, 2.24) is 4.90 Å². The Balaban J connectivity index is 1.87. The molecule has 5 heteroatoms. The fourth-order valence-corrected chi connectivity index (χ4v) is 7.08. The number of nitrogens with zero attached hydrogens (tertiary/aromatic N) is 1. The average molecular weight is 533 g/mol. The van der Waals surface area contributed by atoms with E-state index >= 15 is 0 Å².